The Morgan fingerprint density at radius 2 is 1.69 bits per heavy atom. The number of aryl methyl sites for hydroxylation is 1. The molecule has 0 aliphatic rings. The van der Waals surface area contributed by atoms with Crippen LogP contribution in [-0.4, -0.2) is 22.1 Å². The molecule has 1 amide bonds. The van der Waals surface area contributed by atoms with Gasteiger partial charge in [-0.15, -0.1) is 18.3 Å². The van der Waals surface area contributed by atoms with Crippen molar-refractivity contribution in [2.24, 2.45) is 0 Å². The molecule has 1 aromatic heterocycles. The first-order chi connectivity index (χ1) is 17.2. The summed E-state index contributed by atoms with van der Waals surface area (Å²) in [4.78, 5) is 24.9. The number of carbonyl (C=O) groups is 1. The van der Waals surface area contributed by atoms with Gasteiger partial charge in [0.25, 0.3) is 11.5 Å². The first-order valence-corrected chi connectivity index (χ1v) is 10.7. The maximum atomic E-state index is 12.5. The molecule has 10 heteroatoms. The number of ether oxygens (including phenoxy) is 2. The third kappa shape index (κ3) is 6.50. The summed E-state index contributed by atoms with van der Waals surface area (Å²) >= 11 is 0. The molecule has 3 aromatic carbocycles. The average molecular weight is 495 g/mol. The van der Waals surface area contributed by atoms with Crippen molar-refractivity contribution in [3.8, 4) is 17.3 Å². The minimum Gasteiger partial charge on any atom is -0.472 e. The summed E-state index contributed by atoms with van der Waals surface area (Å²) in [6.07, 6.45) is -4.80. The zero-order chi connectivity index (χ0) is 25.7. The van der Waals surface area contributed by atoms with E-state index in [-0.39, 0.29) is 29.3 Å². The van der Waals surface area contributed by atoms with Crippen molar-refractivity contribution in [1.82, 2.24) is 9.78 Å². The Labute approximate surface area is 203 Å². The molecule has 0 atom stereocenters. The first kappa shape index (κ1) is 24.5. The Bertz CT molecular complexity index is 1420. The van der Waals surface area contributed by atoms with Crippen molar-refractivity contribution in [2.75, 3.05) is 5.32 Å². The first-order valence-electron chi connectivity index (χ1n) is 10.7. The van der Waals surface area contributed by atoms with Crippen LogP contribution in [0.5, 0.6) is 11.6 Å². The molecule has 4 rings (SSSR count). The highest BCUT2D eigenvalue weighted by atomic mass is 19.4. The minimum absolute atomic E-state index is 0.260. The van der Waals surface area contributed by atoms with Gasteiger partial charge in [0, 0.05) is 23.4 Å². The minimum atomic E-state index is -4.80. The number of hydrogen-bond acceptors (Lipinski definition) is 5. The number of carbonyl (C=O) groups excluding carboxylic acids is 1. The number of hydrogen-bond donors (Lipinski definition) is 1. The van der Waals surface area contributed by atoms with Gasteiger partial charge >= 0.3 is 6.36 Å². The summed E-state index contributed by atoms with van der Waals surface area (Å²) in [5.74, 6) is -0.620. The lowest BCUT2D eigenvalue weighted by Gasteiger charge is -2.11. The van der Waals surface area contributed by atoms with E-state index in [9.17, 15) is 22.8 Å². The van der Waals surface area contributed by atoms with E-state index in [1.165, 1.54) is 36.4 Å². The molecule has 36 heavy (non-hydrogen) atoms. The molecule has 4 aromatic rings. The average Bonchev–Trinajstić information content (AvgIpc) is 2.84. The largest absolute Gasteiger partial charge is 0.573 e. The second-order valence-electron chi connectivity index (χ2n) is 7.77. The number of nitrogens with zero attached hydrogens (tertiary/aromatic N) is 2. The number of aromatic nitrogens is 2. The monoisotopic (exact) mass is 495 g/mol. The lowest BCUT2D eigenvalue weighted by molar-refractivity contribution is -0.274. The number of alkyl halides is 3. The van der Waals surface area contributed by atoms with Crippen LogP contribution in [0.2, 0.25) is 0 Å². The van der Waals surface area contributed by atoms with Crippen molar-refractivity contribution >= 4 is 11.6 Å². The van der Waals surface area contributed by atoms with E-state index < -0.39 is 18.0 Å². The van der Waals surface area contributed by atoms with Crippen LogP contribution in [-0.2, 0) is 6.61 Å². The van der Waals surface area contributed by atoms with Gasteiger partial charge in [0.15, 0.2) is 0 Å². The van der Waals surface area contributed by atoms with Crippen LogP contribution in [0.4, 0.5) is 18.9 Å². The normalized spacial score (nSPS) is 11.1. The van der Waals surface area contributed by atoms with Gasteiger partial charge in [0.1, 0.15) is 12.4 Å². The zero-order valence-corrected chi connectivity index (χ0v) is 19.0. The van der Waals surface area contributed by atoms with Crippen molar-refractivity contribution in [1.29, 1.82) is 0 Å². The highest BCUT2D eigenvalue weighted by Gasteiger charge is 2.31. The van der Waals surface area contributed by atoms with Gasteiger partial charge in [0.05, 0.1) is 5.69 Å². The third-order valence-electron chi connectivity index (χ3n) is 4.96. The molecule has 0 fully saturated rings. The standard InChI is InChI=1S/C26H20F3N3O4/c1-17-3-2-4-18(15-17)16-35-23-13-14-24(33)32(31-23)21-9-5-19(6-10-21)25(34)30-20-7-11-22(12-8-20)36-26(27,28)29/h2-15H,16H2,1H3,(H,30,34). The zero-order valence-electron chi connectivity index (χ0n) is 19.0. The van der Waals surface area contributed by atoms with Crippen LogP contribution >= 0.6 is 0 Å². The van der Waals surface area contributed by atoms with Crippen molar-refractivity contribution in [2.45, 2.75) is 19.9 Å². The fourth-order valence-corrected chi connectivity index (χ4v) is 3.31. The predicted molar refractivity (Wildman–Crippen MR) is 126 cm³/mol. The molecule has 0 bridgehead atoms. The molecule has 0 saturated carbocycles. The number of benzene rings is 3. The molecule has 7 nitrogen and oxygen atoms in total. The van der Waals surface area contributed by atoms with Crippen molar-refractivity contribution in [3.05, 3.63) is 112 Å². The predicted octanol–water partition coefficient (Wildman–Crippen LogP) is 5.27. The topological polar surface area (TPSA) is 82.5 Å². The molecule has 0 unspecified atom stereocenters. The maximum absolute atomic E-state index is 12.5. The molecular formula is C26H20F3N3O4. The van der Waals surface area contributed by atoms with E-state index in [1.807, 2.05) is 31.2 Å². The second-order valence-corrected chi connectivity index (χ2v) is 7.77. The molecular weight excluding hydrogens is 475 g/mol. The number of rotatable bonds is 7. The highest BCUT2D eigenvalue weighted by molar-refractivity contribution is 6.04. The second kappa shape index (κ2) is 10.3. The third-order valence-corrected chi connectivity index (χ3v) is 4.96. The molecule has 0 saturated heterocycles. The van der Waals surface area contributed by atoms with Crippen LogP contribution in [0.3, 0.4) is 0 Å². The summed E-state index contributed by atoms with van der Waals surface area (Å²) in [7, 11) is 0. The fraction of sp³-hybridized carbons (Fsp3) is 0.115. The molecule has 184 valence electrons. The SMILES string of the molecule is Cc1cccc(COc2ccc(=O)n(-c3ccc(C(=O)Nc4ccc(OC(F)(F)F)cc4)cc3)n2)c1. The molecule has 0 aliphatic heterocycles. The van der Waals surface area contributed by atoms with Crippen LogP contribution in [0, 0.1) is 6.92 Å². The van der Waals surface area contributed by atoms with Gasteiger partial charge in [-0.3, -0.25) is 9.59 Å². The Kier molecular flexibility index (Phi) is 7.05. The lowest BCUT2D eigenvalue weighted by Crippen LogP contribution is -2.20. The van der Waals surface area contributed by atoms with Crippen molar-refractivity contribution < 1.29 is 27.4 Å². The van der Waals surface area contributed by atoms with E-state index in [4.69, 9.17) is 4.74 Å². The van der Waals surface area contributed by atoms with Gasteiger partial charge in [-0.1, -0.05) is 29.8 Å². The quantitative estimate of drug-likeness (QED) is 0.378. The Morgan fingerprint density at radius 1 is 0.972 bits per heavy atom. The van der Waals surface area contributed by atoms with Gasteiger partial charge < -0.3 is 14.8 Å². The fourth-order valence-electron chi connectivity index (χ4n) is 3.31. The Morgan fingerprint density at radius 3 is 2.36 bits per heavy atom. The summed E-state index contributed by atoms with van der Waals surface area (Å²) in [6, 6.07) is 21.5. The summed E-state index contributed by atoms with van der Waals surface area (Å²) in [6.45, 7) is 2.27. The molecule has 1 N–H and O–H groups in total. The lowest BCUT2D eigenvalue weighted by atomic mass is 10.1. The van der Waals surface area contributed by atoms with Gasteiger partial charge in [-0.2, -0.15) is 4.68 Å². The smallest absolute Gasteiger partial charge is 0.472 e. The molecule has 0 aliphatic carbocycles. The van der Waals surface area contributed by atoms with E-state index in [2.05, 4.69) is 15.2 Å². The Hall–Kier alpha value is -4.60. The summed E-state index contributed by atoms with van der Waals surface area (Å²) in [5.41, 5.74) is 2.67. The summed E-state index contributed by atoms with van der Waals surface area (Å²) < 4.78 is 47.5. The van der Waals surface area contributed by atoms with E-state index in [0.29, 0.717) is 5.69 Å². The van der Waals surface area contributed by atoms with Crippen LogP contribution in [0.25, 0.3) is 5.69 Å². The van der Waals surface area contributed by atoms with E-state index in [1.54, 1.807) is 12.1 Å². The van der Waals surface area contributed by atoms with Gasteiger partial charge in [0.2, 0.25) is 5.88 Å². The number of amides is 1. The Balaban J connectivity index is 1.43. The number of anilines is 1. The van der Waals surface area contributed by atoms with Crippen LogP contribution < -0.4 is 20.3 Å². The van der Waals surface area contributed by atoms with Gasteiger partial charge in [-0.25, -0.2) is 0 Å². The molecule has 0 radical (unpaired) electrons. The highest BCUT2D eigenvalue weighted by Crippen LogP contribution is 2.24. The van der Waals surface area contributed by atoms with Crippen LogP contribution in [0.15, 0.2) is 89.7 Å². The van der Waals surface area contributed by atoms with E-state index >= 15 is 0 Å². The van der Waals surface area contributed by atoms with Gasteiger partial charge in [-0.05, 0) is 61.0 Å². The maximum Gasteiger partial charge on any atom is 0.573 e. The molecule has 0 spiro atoms. The molecule has 1 heterocycles. The van der Waals surface area contributed by atoms with E-state index in [0.717, 1.165) is 27.9 Å². The van der Waals surface area contributed by atoms with Crippen LogP contribution in [0.1, 0.15) is 21.5 Å². The number of halogens is 3. The number of nitrogens with one attached hydrogen (secondary N) is 1. The summed E-state index contributed by atoms with van der Waals surface area (Å²) in [5, 5.41) is 6.83. The van der Waals surface area contributed by atoms with Crippen molar-refractivity contribution in [3.63, 3.8) is 0 Å².